The van der Waals surface area contributed by atoms with Gasteiger partial charge in [-0.3, -0.25) is 4.79 Å². The molecule has 2 unspecified atom stereocenters. The standard InChI is InChI=1S/C35H34O/c1-23(2)21-34-27-11-8-12-28(34)16-18-30-20-26(19-29(17-15-27)35(30,34)22-24(3)4)33(36)32-14-7-10-25-9-5-6-13-31(25)32/h5-20,23-24H,21-22H2,1-4H3. The number of fused-ring (bicyclic) bond motifs is 1. The number of carbonyl (C=O) groups is 1. The Kier molecular flexibility index (Phi) is 5.30. The molecule has 180 valence electrons. The minimum atomic E-state index is -0.163. The first-order valence-electron chi connectivity index (χ1n) is 13.3. The van der Waals surface area contributed by atoms with E-state index < -0.39 is 0 Å². The lowest BCUT2D eigenvalue weighted by atomic mass is 9.42. The summed E-state index contributed by atoms with van der Waals surface area (Å²) in [6, 6.07) is 14.2. The van der Waals surface area contributed by atoms with E-state index >= 15 is 0 Å². The topological polar surface area (TPSA) is 17.1 Å². The molecule has 6 rings (SSSR count). The van der Waals surface area contributed by atoms with Crippen LogP contribution < -0.4 is 0 Å². The molecule has 0 heterocycles. The summed E-state index contributed by atoms with van der Waals surface area (Å²) in [7, 11) is 0. The van der Waals surface area contributed by atoms with E-state index in [2.05, 4.69) is 101 Å². The van der Waals surface area contributed by atoms with E-state index in [1.807, 2.05) is 24.3 Å². The number of hydrogen-bond acceptors (Lipinski definition) is 1. The smallest absolute Gasteiger partial charge is 0.193 e. The van der Waals surface area contributed by atoms with E-state index in [1.165, 1.54) is 22.3 Å². The number of Topliss-reactive ketones (excluding diaryl/α,β-unsaturated/α-hetero) is 1. The number of benzene rings is 2. The van der Waals surface area contributed by atoms with E-state index in [4.69, 9.17) is 0 Å². The Bertz CT molecular complexity index is 1490. The van der Waals surface area contributed by atoms with Gasteiger partial charge in [-0.15, -0.1) is 0 Å². The van der Waals surface area contributed by atoms with Gasteiger partial charge in [-0.1, -0.05) is 113 Å². The molecule has 4 aliphatic rings. The van der Waals surface area contributed by atoms with Gasteiger partial charge in [0, 0.05) is 22.0 Å². The molecule has 1 heteroatoms. The second kappa shape index (κ2) is 8.30. The fourth-order valence-corrected chi connectivity index (χ4v) is 7.37. The van der Waals surface area contributed by atoms with Crippen LogP contribution in [0.2, 0.25) is 0 Å². The van der Waals surface area contributed by atoms with Crippen LogP contribution in [0.5, 0.6) is 0 Å². The molecule has 4 aliphatic carbocycles. The molecule has 0 N–H and O–H groups in total. The third kappa shape index (κ3) is 3.11. The Balaban J connectivity index is 1.58. The van der Waals surface area contributed by atoms with Crippen LogP contribution in [0.25, 0.3) is 10.8 Å². The summed E-state index contributed by atoms with van der Waals surface area (Å²) in [5.74, 6) is 1.16. The van der Waals surface area contributed by atoms with Crippen molar-refractivity contribution in [3.8, 4) is 0 Å². The van der Waals surface area contributed by atoms with E-state index in [-0.39, 0.29) is 16.6 Å². The largest absolute Gasteiger partial charge is 0.289 e. The minimum absolute atomic E-state index is 0.101. The highest BCUT2D eigenvalue weighted by Gasteiger charge is 2.61. The van der Waals surface area contributed by atoms with E-state index in [0.29, 0.717) is 11.8 Å². The zero-order chi connectivity index (χ0) is 25.1. The van der Waals surface area contributed by atoms with Crippen molar-refractivity contribution >= 4 is 16.6 Å². The summed E-state index contributed by atoms with van der Waals surface area (Å²) >= 11 is 0. The second-order valence-electron chi connectivity index (χ2n) is 11.6. The molecule has 0 amide bonds. The van der Waals surface area contributed by atoms with Crippen molar-refractivity contribution in [3.63, 3.8) is 0 Å². The van der Waals surface area contributed by atoms with Crippen LogP contribution in [0.3, 0.4) is 0 Å². The predicted octanol–water partition coefficient (Wildman–Crippen LogP) is 8.89. The lowest BCUT2D eigenvalue weighted by molar-refractivity contribution is 0.103. The lowest BCUT2D eigenvalue weighted by Gasteiger charge is -2.60. The molecule has 2 atom stereocenters. The van der Waals surface area contributed by atoms with Crippen molar-refractivity contribution in [1.82, 2.24) is 0 Å². The molecule has 0 aromatic heterocycles. The summed E-state index contributed by atoms with van der Waals surface area (Å²) < 4.78 is 0. The third-order valence-corrected chi connectivity index (χ3v) is 8.48. The predicted molar refractivity (Wildman–Crippen MR) is 151 cm³/mol. The minimum Gasteiger partial charge on any atom is -0.289 e. The highest BCUT2D eigenvalue weighted by Crippen LogP contribution is 2.69. The zero-order valence-electron chi connectivity index (χ0n) is 21.7. The lowest BCUT2D eigenvalue weighted by Crippen LogP contribution is -2.52. The van der Waals surface area contributed by atoms with Crippen molar-refractivity contribution in [1.29, 1.82) is 0 Å². The van der Waals surface area contributed by atoms with Gasteiger partial charge < -0.3 is 0 Å². The van der Waals surface area contributed by atoms with Crippen molar-refractivity contribution < 1.29 is 4.79 Å². The Morgan fingerprint density at radius 3 is 2.11 bits per heavy atom. The van der Waals surface area contributed by atoms with Crippen LogP contribution in [-0.2, 0) is 0 Å². The van der Waals surface area contributed by atoms with Crippen LogP contribution in [0, 0.1) is 22.7 Å². The van der Waals surface area contributed by atoms with E-state index in [0.717, 1.165) is 34.8 Å². The maximum Gasteiger partial charge on any atom is 0.193 e. The molecule has 0 saturated carbocycles. The van der Waals surface area contributed by atoms with Gasteiger partial charge in [-0.05, 0) is 69.9 Å². The van der Waals surface area contributed by atoms with E-state index in [1.54, 1.807) is 0 Å². The second-order valence-corrected chi connectivity index (χ2v) is 11.6. The SMILES string of the molecule is CC(C)CC12C3=CC=CC1=CC=C1C=C(C(=O)c4cccc5ccccc45)C=C(C=C3)C12CC(C)C. The summed E-state index contributed by atoms with van der Waals surface area (Å²) in [5, 5.41) is 2.12. The van der Waals surface area contributed by atoms with Crippen LogP contribution in [-0.4, -0.2) is 5.78 Å². The molecule has 0 fully saturated rings. The van der Waals surface area contributed by atoms with Crippen molar-refractivity contribution in [2.45, 2.75) is 40.5 Å². The maximum atomic E-state index is 14.0. The number of ketones is 1. The molecule has 0 radical (unpaired) electrons. The van der Waals surface area contributed by atoms with Crippen molar-refractivity contribution in [3.05, 3.63) is 131 Å². The van der Waals surface area contributed by atoms with Crippen LogP contribution in [0.4, 0.5) is 0 Å². The first-order valence-corrected chi connectivity index (χ1v) is 13.3. The average Bonchev–Trinajstić information content (AvgIpc) is 2.86. The molecule has 0 spiro atoms. The summed E-state index contributed by atoms with van der Waals surface area (Å²) in [6.45, 7) is 9.34. The maximum absolute atomic E-state index is 14.0. The quantitative estimate of drug-likeness (QED) is 0.385. The van der Waals surface area contributed by atoms with Crippen LogP contribution >= 0.6 is 0 Å². The first-order chi connectivity index (χ1) is 17.4. The Labute approximate surface area is 215 Å². The third-order valence-electron chi connectivity index (χ3n) is 8.48. The van der Waals surface area contributed by atoms with Gasteiger partial charge in [0.05, 0.1) is 0 Å². The molecule has 36 heavy (non-hydrogen) atoms. The summed E-state index contributed by atoms with van der Waals surface area (Å²) in [5.41, 5.74) is 6.68. The Hall–Kier alpha value is -3.45. The van der Waals surface area contributed by atoms with Crippen molar-refractivity contribution in [2.75, 3.05) is 0 Å². The summed E-state index contributed by atoms with van der Waals surface area (Å²) in [6.07, 6.45) is 22.6. The molecule has 0 bridgehead atoms. The molecule has 0 aliphatic heterocycles. The zero-order valence-corrected chi connectivity index (χ0v) is 21.7. The van der Waals surface area contributed by atoms with Gasteiger partial charge >= 0.3 is 0 Å². The Morgan fingerprint density at radius 1 is 0.694 bits per heavy atom. The van der Waals surface area contributed by atoms with Crippen LogP contribution in [0.1, 0.15) is 50.9 Å². The van der Waals surface area contributed by atoms with Crippen LogP contribution in [0.15, 0.2) is 125 Å². The number of carbonyl (C=O) groups excluding carboxylic acids is 1. The fourth-order valence-electron chi connectivity index (χ4n) is 7.37. The Morgan fingerprint density at radius 2 is 1.33 bits per heavy atom. The molecule has 1 nitrogen and oxygen atoms in total. The van der Waals surface area contributed by atoms with Crippen molar-refractivity contribution in [2.24, 2.45) is 22.7 Å². The monoisotopic (exact) mass is 470 g/mol. The number of allylic oxidation sites excluding steroid dienone is 14. The highest BCUT2D eigenvalue weighted by molar-refractivity contribution is 6.18. The summed E-state index contributed by atoms with van der Waals surface area (Å²) in [4.78, 5) is 14.0. The normalized spacial score (nSPS) is 25.8. The molecular weight excluding hydrogens is 436 g/mol. The number of hydrogen-bond donors (Lipinski definition) is 0. The molecule has 2 aromatic carbocycles. The van der Waals surface area contributed by atoms with Gasteiger partial charge in [0.2, 0.25) is 0 Å². The highest BCUT2D eigenvalue weighted by atomic mass is 16.1. The van der Waals surface area contributed by atoms with Gasteiger partial charge in [-0.25, -0.2) is 0 Å². The molecule has 2 aromatic rings. The molecular formula is C35H34O. The molecule has 0 saturated heterocycles. The fraction of sp³-hybridized carbons (Fsp3) is 0.286. The van der Waals surface area contributed by atoms with E-state index in [9.17, 15) is 4.79 Å². The van der Waals surface area contributed by atoms with Gasteiger partial charge in [0.25, 0.3) is 0 Å². The first kappa shape index (κ1) is 23.0. The average molecular weight is 471 g/mol. The number of rotatable bonds is 6. The van der Waals surface area contributed by atoms with Gasteiger partial charge in [-0.2, -0.15) is 0 Å². The van der Waals surface area contributed by atoms with Gasteiger partial charge in [0.1, 0.15) is 0 Å². The van der Waals surface area contributed by atoms with Gasteiger partial charge in [0.15, 0.2) is 5.78 Å².